The Bertz CT molecular complexity index is 469. The summed E-state index contributed by atoms with van der Waals surface area (Å²) in [7, 11) is 1.42. The van der Waals surface area contributed by atoms with Gasteiger partial charge in [0.2, 0.25) is 0 Å². The Labute approximate surface area is 116 Å². The summed E-state index contributed by atoms with van der Waals surface area (Å²) in [5, 5.41) is 3.55. The summed E-state index contributed by atoms with van der Waals surface area (Å²) in [6.07, 6.45) is 4.88. The van der Waals surface area contributed by atoms with E-state index in [1.165, 1.54) is 13.4 Å². The Morgan fingerprint density at radius 1 is 1.53 bits per heavy atom. The molecule has 1 unspecified atom stereocenters. The van der Waals surface area contributed by atoms with Crippen molar-refractivity contribution in [1.82, 2.24) is 9.97 Å². The van der Waals surface area contributed by atoms with Crippen LogP contribution in [0.15, 0.2) is 6.33 Å². The molecular formula is C12H17ClN4O2. The van der Waals surface area contributed by atoms with Gasteiger partial charge in [0.05, 0.1) is 13.0 Å². The molecular weight excluding hydrogens is 268 g/mol. The second-order valence-corrected chi connectivity index (χ2v) is 5.03. The number of anilines is 2. The van der Waals surface area contributed by atoms with Crippen molar-refractivity contribution in [3.63, 3.8) is 0 Å². The lowest BCUT2D eigenvalue weighted by atomic mass is 9.86. The zero-order valence-electron chi connectivity index (χ0n) is 10.7. The number of aromatic nitrogens is 2. The standard InChI is InChI=1S/C12H17ClN4O2/c1-19-12(18)7-3-2-4-8(5-7)17-11-9(13)10(14)15-6-16-11/h6-8H,2-5H2,1H3,(H3,14,15,16,17)/t7?,8-/m0/s1. The first-order valence-electron chi connectivity index (χ1n) is 6.22. The summed E-state index contributed by atoms with van der Waals surface area (Å²) in [5.41, 5.74) is 5.63. The van der Waals surface area contributed by atoms with E-state index in [0.29, 0.717) is 17.3 Å². The average Bonchev–Trinajstić information content (AvgIpc) is 2.43. The summed E-state index contributed by atoms with van der Waals surface area (Å²) in [4.78, 5) is 19.4. The quantitative estimate of drug-likeness (QED) is 0.823. The van der Waals surface area contributed by atoms with Gasteiger partial charge in [-0.25, -0.2) is 9.97 Å². The normalized spacial score (nSPS) is 22.8. The van der Waals surface area contributed by atoms with E-state index in [9.17, 15) is 4.79 Å². The van der Waals surface area contributed by atoms with Crippen LogP contribution in [-0.2, 0) is 9.53 Å². The van der Waals surface area contributed by atoms with Gasteiger partial charge in [-0.1, -0.05) is 18.0 Å². The van der Waals surface area contributed by atoms with Crippen molar-refractivity contribution in [3.05, 3.63) is 11.3 Å². The van der Waals surface area contributed by atoms with E-state index >= 15 is 0 Å². The van der Waals surface area contributed by atoms with Gasteiger partial charge in [0.25, 0.3) is 0 Å². The van der Waals surface area contributed by atoms with Gasteiger partial charge in [-0.2, -0.15) is 0 Å². The number of nitrogens with two attached hydrogens (primary N) is 1. The molecule has 0 aromatic carbocycles. The van der Waals surface area contributed by atoms with Crippen LogP contribution in [0.5, 0.6) is 0 Å². The first kappa shape index (κ1) is 13.9. The molecule has 0 saturated heterocycles. The Morgan fingerprint density at radius 2 is 2.32 bits per heavy atom. The summed E-state index contributed by atoms with van der Waals surface area (Å²) < 4.78 is 4.79. The van der Waals surface area contributed by atoms with E-state index in [1.54, 1.807) is 0 Å². The molecule has 1 aliphatic rings. The number of rotatable bonds is 3. The number of methoxy groups -OCH3 is 1. The molecule has 2 atom stereocenters. The molecule has 0 bridgehead atoms. The molecule has 19 heavy (non-hydrogen) atoms. The Hall–Kier alpha value is -1.56. The van der Waals surface area contributed by atoms with Crippen molar-refractivity contribution in [2.75, 3.05) is 18.2 Å². The number of carbonyl (C=O) groups excluding carboxylic acids is 1. The third-order valence-electron chi connectivity index (χ3n) is 3.37. The fraction of sp³-hybridized carbons (Fsp3) is 0.583. The number of nitrogen functional groups attached to an aromatic ring is 1. The molecule has 2 rings (SSSR count). The highest BCUT2D eigenvalue weighted by molar-refractivity contribution is 6.35. The Kier molecular flexibility index (Phi) is 4.42. The van der Waals surface area contributed by atoms with E-state index in [0.717, 1.165) is 19.3 Å². The molecule has 6 nitrogen and oxygen atoms in total. The molecule has 0 amide bonds. The summed E-state index contributed by atoms with van der Waals surface area (Å²) >= 11 is 6.03. The number of halogens is 1. The monoisotopic (exact) mass is 284 g/mol. The van der Waals surface area contributed by atoms with Crippen LogP contribution in [0, 0.1) is 5.92 Å². The Morgan fingerprint density at radius 3 is 3.05 bits per heavy atom. The van der Waals surface area contributed by atoms with Gasteiger partial charge >= 0.3 is 5.97 Å². The minimum absolute atomic E-state index is 0.0609. The first-order chi connectivity index (χ1) is 9.11. The van der Waals surface area contributed by atoms with Gasteiger partial charge in [0.1, 0.15) is 17.2 Å². The van der Waals surface area contributed by atoms with Crippen molar-refractivity contribution in [2.24, 2.45) is 5.92 Å². The smallest absolute Gasteiger partial charge is 0.308 e. The summed E-state index contributed by atoms with van der Waals surface area (Å²) in [5.74, 6) is 0.554. The SMILES string of the molecule is COC(=O)C1CCC[C@H](Nc2ncnc(N)c2Cl)C1. The van der Waals surface area contributed by atoms with Gasteiger partial charge in [0.15, 0.2) is 5.82 Å². The van der Waals surface area contributed by atoms with Crippen LogP contribution >= 0.6 is 11.6 Å². The third-order valence-corrected chi connectivity index (χ3v) is 3.74. The number of hydrogen-bond acceptors (Lipinski definition) is 6. The minimum Gasteiger partial charge on any atom is -0.469 e. The summed E-state index contributed by atoms with van der Waals surface area (Å²) in [6.45, 7) is 0. The van der Waals surface area contributed by atoms with Gasteiger partial charge < -0.3 is 15.8 Å². The summed E-state index contributed by atoms with van der Waals surface area (Å²) in [6, 6.07) is 0.143. The zero-order valence-corrected chi connectivity index (χ0v) is 11.5. The first-order valence-corrected chi connectivity index (χ1v) is 6.60. The second-order valence-electron chi connectivity index (χ2n) is 4.65. The van der Waals surface area contributed by atoms with Crippen molar-refractivity contribution in [1.29, 1.82) is 0 Å². The lowest BCUT2D eigenvalue weighted by Gasteiger charge is -2.28. The highest BCUT2D eigenvalue weighted by Crippen LogP contribution is 2.30. The van der Waals surface area contributed by atoms with Gasteiger partial charge in [0, 0.05) is 6.04 Å². The Balaban J connectivity index is 2.03. The highest BCUT2D eigenvalue weighted by Gasteiger charge is 2.28. The van der Waals surface area contributed by atoms with Crippen LogP contribution in [0.2, 0.25) is 5.02 Å². The van der Waals surface area contributed by atoms with E-state index in [2.05, 4.69) is 15.3 Å². The highest BCUT2D eigenvalue weighted by atomic mass is 35.5. The molecule has 1 saturated carbocycles. The van der Waals surface area contributed by atoms with Crippen molar-refractivity contribution >= 4 is 29.2 Å². The van der Waals surface area contributed by atoms with Gasteiger partial charge in [-0.05, 0) is 19.3 Å². The maximum atomic E-state index is 11.6. The van der Waals surface area contributed by atoms with Crippen LogP contribution in [0.25, 0.3) is 0 Å². The van der Waals surface area contributed by atoms with Crippen molar-refractivity contribution in [3.8, 4) is 0 Å². The molecule has 1 aliphatic carbocycles. The van der Waals surface area contributed by atoms with E-state index in [-0.39, 0.29) is 23.7 Å². The number of nitrogens with zero attached hydrogens (tertiary/aromatic N) is 2. The molecule has 7 heteroatoms. The van der Waals surface area contributed by atoms with Crippen LogP contribution in [0.1, 0.15) is 25.7 Å². The fourth-order valence-corrected chi connectivity index (χ4v) is 2.53. The lowest BCUT2D eigenvalue weighted by molar-refractivity contribution is -0.146. The number of ether oxygens (including phenoxy) is 1. The topological polar surface area (TPSA) is 90.1 Å². The van der Waals surface area contributed by atoms with E-state index in [4.69, 9.17) is 22.1 Å². The maximum Gasteiger partial charge on any atom is 0.308 e. The number of nitrogens with one attached hydrogen (secondary N) is 1. The van der Waals surface area contributed by atoms with E-state index < -0.39 is 0 Å². The molecule has 1 fully saturated rings. The number of esters is 1. The molecule has 3 N–H and O–H groups in total. The molecule has 1 aromatic rings. The number of hydrogen-bond donors (Lipinski definition) is 2. The molecule has 0 aliphatic heterocycles. The molecule has 0 radical (unpaired) electrons. The molecule has 1 aromatic heterocycles. The second kappa shape index (κ2) is 6.06. The molecule has 0 spiro atoms. The molecule has 1 heterocycles. The van der Waals surface area contributed by atoms with Gasteiger partial charge in [-0.3, -0.25) is 4.79 Å². The minimum atomic E-state index is -0.153. The largest absolute Gasteiger partial charge is 0.469 e. The van der Waals surface area contributed by atoms with Crippen LogP contribution in [-0.4, -0.2) is 29.1 Å². The van der Waals surface area contributed by atoms with Crippen LogP contribution in [0.4, 0.5) is 11.6 Å². The predicted molar refractivity (Wildman–Crippen MR) is 72.8 cm³/mol. The van der Waals surface area contributed by atoms with E-state index in [1.807, 2.05) is 0 Å². The van der Waals surface area contributed by atoms with Crippen LogP contribution < -0.4 is 11.1 Å². The van der Waals surface area contributed by atoms with Gasteiger partial charge in [-0.15, -0.1) is 0 Å². The third kappa shape index (κ3) is 3.26. The maximum absolute atomic E-state index is 11.6. The van der Waals surface area contributed by atoms with Crippen molar-refractivity contribution < 1.29 is 9.53 Å². The predicted octanol–water partition coefficient (Wildman–Crippen LogP) is 1.86. The number of carbonyl (C=O) groups is 1. The average molecular weight is 285 g/mol. The zero-order chi connectivity index (χ0) is 13.8. The van der Waals surface area contributed by atoms with Crippen LogP contribution in [0.3, 0.4) is 0 Å². The molecule has 104 valence electrons. The lowest BCUT2D eigenvalue weighted by Crippen LogP contribution is -2.32. The fourth-order valence-electron chi connectivity index (χ4n) is 2.38. The van der Waals surface area contributed by atoms with Crippen molar-refractivity contribution in [2.45, 2.75) is 31.7 Å².